The molecule has 4 bridgehead atoms. The SMILES string of the molecule is CCNCC(C)(O)C12CC3CC(CC(C3)C1)C2. The summed E-state index contributed by atoms with van der Waals surface area (Å²) in [6, 6.07) is 0. The molecule has 0 aliphatic heterocycles. The number of likely N-dealkylation sites (N-methyl/N-ethyl adjacent to an activating group) is 1. The third-order valence-corrected chi connectivity index (χ3v) is 5.90. The molecule has 0 aromatic rings. The summed E-state index contributed by atoms with van der Waals surface area (Å²) in [6.07, 6.45) is 8.23. The Hall–Kier alpha value is -0.0800. The van der Waals surface area contributed by atoms with E-state index in [2.05, 4.69) is 19.2 Å². The van der Waals surface area contributed by atoms with Crippen LogP contribution in [0.3, 0.4) is 0 Å². The second-order valence-electron chi connectivity index (χ2n) is 7.25. The van der Waals surface area contributed by atoms with Crippen LogP contribution in [0.1, 0.15) is 52.4 Å². The maximum atomic E-state index is 10.9. The molecule has 98 valence electrons. The molecule has 0 amide bonds. The Labute approximate surface area is 105 Å². The molecule has 2 nitrogen and oxygen atoms in total. The van der Waals surface area contributed by atoms with Crippen molar-refractivity contribution >= 4 is 0 Å². The lowest BCUT2D eigenvalue weighted by Gasteiger charge is -2.61. The first kappa shape index (κ1) is 12.0. The maximum Gasteiger partial charge on any atom is 0.0799 e. The van der Waals surface area contributed by atoms with Gasteiger partial charge in [0.05, 0.1) is 5.60 Å². The van der Waals surface area contributed by atoms with Crippen molar-refractivity contribution < 1.29 is 5.11 Å². The first-order chi connectivity index (χ1) is 8.05. The van der Waals surface area contributed by atoms with Crippen LogP contribution in [-0.4, -0.2) is 23.8 Å². The van der Waals surface area contributed by atoms with E-state index >= 15 is 0 Å². The second kappa shape index (κ2) is 3.96. The molecule has 4 aliphatic carbocycles. The van der Waals surface area contributed by atoms with Gasteiger partial charge in [-0.25, -0.2) is 0 Å². The molecule has 0 radical (unpaired) electrons. The van der Waals surface area contributed by atoms with E-state index in [1.54, 1.807) is 0 Å². The summed E-state index contributed by atoms with van der Waals surface area (Å²) in [4.78, 5) is 0. The molecular weight excluding hydrogens is 210 g/mol. The molecule has 0 aromatic heterocycles. The van der Waals surface area contributed by atoms with E-state index < -0.39 is 5.60 Å². The predicted molar refractivity (Wildman–Crippen MR) is 69.8 cm³/mol. The van der Waals surface area contributed by atoms with Gasteiger partial charge in [0, 0.05) is 12.0 Å². The molecule has 0 aromatic carbocycles. The average Bonchev–Trinajstić information content (AvgIpc) is 2.24. The number of hydrogen-bond acceptors (Lipinski definition) is 2. The van der Waals surface area contributed by atoms with E-state index in [0.717, 1.165) is 30.8 Å². The highest BCUT2D eigenvalue weighted by molar-refractivity contribution is 5.09. The summed E-state index contributed by atoms with van der Waals surface area (Å²) in [6.45, 7) is 5.94. The van der Waals surface area contributed by atoms with Crippen molar-refractivity contribution in [2.24, 2.45) is 23.2 Å². The van der Waals surface area contributed by atoms with Gasteiger partial charge >= 0.3 is 0 Å². The number of hydrogen-bond donors (Lipinski definition) is 2. The normalized spacial score (nSPS) is 47.1. The zero-order chi connectivity index (χ0) is 12.1. The molecule has 17 heavy (non-hydrogen) atoms. The first-order valence-electron chi connectivity index (χ1n) is 7.48. The van der Waals surface area contributed by atoms with Crippen LogP contribution in [0.15, 0.2) is 0 Å². The standard InChI is InChI=1S/C15H27NO/c1-3-16-10-14(2,17)15-7-11-4-12(8-15)6-13(5-11)9-15/h11-13,16-17H,3-10H2,1-2H3. The quantitative estimate of drug-likeness (QED) is 0.787. The van der Waals surface area contributed by atoms with E-state index in [4.69, 9.17) is 0 Å². The Morgan fingerprint density at radius 3 is 2.00 bits per heavy atom. The summed E-state index contributed by atoms with van der Waals surface area (Å²) in [5, 5.41) is 14.3. The van der Waals surface area contributed by atoms with Crippen molar-refractivity contribution in [3.05, 3.63) is 0 Å². The number of aliphatic hydroxyl groups is 1. The van der Waals surface area contributed by atoms with Crippen LogP contribution in [0, 0.1) is 23.2 Å². The minimum Gasteiger partial charge on any atom is -0.388 e. The Kier molecular flexibility index (Phi) is 2.79. The van der Waals surface area contributed by atoms with E-state index in [-0.39, 0.29) is 5.41 Å². The van der Waals surface area contributed by atoms with Crippen LogP contribution in [0.25, 0.3) is 0 Å². The lowest BCUT2D eigenvalue weighted by Crippen LogP contribution is -2.60. The van der Waals surface area contributed by atoms with Gasteiger partial charge in [-0.3, -0.25) is 0 Å². The van der Waals surface area contributed by atoms with E-state index in [9.17, 15) is 5.11 Å². The number of rotatable bonds is 4. The first-order valence-corrected chi connectivity index (χ1v) is 7.48. The molecule has 4 aliphatic rings. The van der Waals surface area contributed by atoms with Crippen molar-refractivity contribution in [3.63, 3.8) is 0 Å². The van der Waals surface area contributed by atoms with Crippen molar-refractivity contribution in [1.29, 1.82) is 0 Å². The van der Waals surface area contributed by atoms with Crippen molar-refractivity contribution in [2.45, 2.75) is 58.0 Å². The lowest BCUT2D eigenvalue weighted by molar-refractivity contribution is -0.168. The topological polar surface area (TPSA) is 32.3 Å². The maximum absolute atomic E-state index is 10.9. The fraction of sp³-hybridized carbons (Fsp3) is 1.00. The van der Waals surface area contributed by atoms with E-state index in [1.165, 1.54) is 38.5 Å². The molecule has 4 fully saturated rings. The zero-order valence-corrected chi connectivity index (χ0v) is 11.3. The van der Waals surface area contributed by atoms with Gasteiger partial charge < -0.3 is 10.4 Å². The van der Waals surface area contributed by atoms with Crippen molar-refractivity contribution in [1.82, 2.24) is 5.32 Å². The molecule has 1 atom stereocenters. The van der Waals surface area contributed by atoms with Gasteiger partial charge in [-0.15, -0.1) is 0 Å². The van der Waals surface area contributed by atoms with Crippen LogP contribution in [0.5, 0.6) is 0 Å². The summed E-state index contributed by atoms with van der Waals surface area (Å²) >= 11 is 0. The molecule has 0 heterocycles. The van der Waals surface area contributed by atoms with Gasteiger partial charge in [-0.05, 0) is 69.7 Å². The van der Waals surface area contributed by atoms with Crippen LogP contribution >= 0.6 is 0 Å². The molecule has 2 heteroatoms. The summed E-state index contributed by atoms with van der Waals surface area (Å²) < 4.78 is 0. The average molecular weight is 237 g/mol. The Balaban J connectivity index is 1.81. The monoisotopic (exact) mass is 237 g/mol. The fourth-order valence-corrected chi connectivity index (χ4v) is 5.33. The molecule has 0 spiro atoms. The molecule has 2 N–H and O–H groups in total. The molecule has 4 saturated carbocycles. The van der Waals surface area contributed by atoms with E-state index in [0.29, 0.717) is 0 Å². The lowest BCUT2D eigenvalue weighted by atomic mass is 9.45. The van der Waals surface area contributed by atoms with Gasteiger partial charge in [-0.1, -0.05) is 6.92 Å². The van der Waals surface area contributed by atoms with Gasteiger partial charge in [-0.2, -0.15) is 0 Å². The summed E-state index contributed by atoms with van der Waals surface area (Å²) in [5.41, 5.74) is -0.261. The fourth-order valence-electron chi connectivity index (χ4n) is 5.33. The minimum atomic E-state index is -0.501. The Morgan fingerprint density at radius 1 is 1.12 bits per heavy atom. The third kappa shape index (κ3) is 1.84. The van der Waals surface area contributed by atoms with Gasteiger partial charge in [0.1, 0.15) is 0 Å². The third-order valence-electron chi connectivity index (χ3n) is 5.90. The molecule has 0 saturated heterocycles. The molecular formula is C15H27NO. The molecule has 1 unspecified atom stereocenters. The second-order valence-corrected chi connectivity index (χ2v) is 7.25. The number of nitrogens with one attached hydrogen (secondary N) is 1. The van der Waals surface area contributed by atoms with Crippen molar-refractivity contribution in [3.8, 4) is 0 Å². The minimum absolute atomic E-state index is 0.240. The van der Waals surface area contributed by atoms with Crippen LogP contribution < -0.4 is 5.32 Å². The summed E-state index contributed by atoms with van der Waals surface area (Å²) in [5.74, 6) is 2.78. The highest BCUT2D eigenvalue weighted by Gasteiger charge is 2.57. The highest BCUT2D eigenvalue weighted by Crippen LogP contribution is 2.63. The van der Waals surface area contributed by atoms with Crippen LogP contribution in [0.4, 0.5) is 0 Å². The van der Waals surface area contributed by atoms with Gasteiger partial charge in [0.25, 0.3) is 0 Å². The largest absolute Gasteiger partial charge is 0.388 e. The smallest absolute Gasteiger partial charge is 0.0799 e. The Morgan fingerprint density at radius 2 is 1.59 bits per heavy atom. The van der Waals surface area contributed by atoms with E-state index in [1.807, 2.05) is 0 Å². The highest BCUT2D eigenvalue weighted by atomic mass is 16.3. The van der Waals surface area contributed by atoms with Gasteiger partial charge in [0.2, 0.25) is 0 Å². The molecule has 4 rings (SSSR count). The Bertz CT molecular complexity index is 262. The van der Waals surface area contributed by atoms with Crippen molar-refractivity contribution in [2.75, 3.05) is 13.1 Å². The van der Waals surface area contributed by atoms with Crippen LogP contribution in [-0.2, 0) is 0 Å². The van der Waals surface area contributed by atoms with Crippen LogP contribution in [0.2, 0.25) is 0 Å². The summed E-state index contributed by atoms with van der Waals surface area (Å²) in [7, 11) is 0. The zero-order valence-electron chi connectivity index (χ0n) is 11.3. The predicted octanol–water partition coefficient (Wildman–Crippen LogP) is 2.56. The van der Waals surface area contributed by atoms with Gasteiger partial charge in [0.15, 0.2) is 0 Å².